The summed E-state index contributed by atoms with van der Waals surface area (Å²) in [6, 6.07) is 8.71. The summed E-state index contributed by atoms with van der Waals surface area (Å²) in [4.78, 5) is 27.4. The number of benzene rings is 2. The molecular formula is C26H28ClN3O5. The SMILES string of the molecule is COc1cc(CN(C)C(=O)c2cc3cc(Cl)c4c(c3o2)C2(CCCCC2)NC(=O)N4)cc(OC)c1. The highest BCUT2D eigenvalue weighted by Crippen LogP contribution is 2.49. The summed E-state index contributed by atoms with van der Waals surface area (Å²) in [5.41, 5.74) is 2.29. The van der Waals surface area contributed by atoms with Crippen molar-refractivity contribution in [1.82, 2.24) is 10.2 Å². The lowest BCUT2D eigenvalue weighted by Crippen LogP contribution is -2.52. The zero-order valence-corrected chi connectivity index (χ0v) is 20.8. The third-order valence-corrected chi connectivity index (χ3v) is 7.22. The minimum absolute atomic E-state index is 0.213. The fourth-order valence-electron chi connectivity index (χ4n) is 5.28. The number of methoxy groups -OCH3 is 2. The van der Waals surface area contributed by atoms with Crippen LogP contribution in [0.1, 0.15) is 53.8 Å². The lowest BCUT2D eigenvalue weighted by atomic mass is 9.74. The van der Waals surface area contributed by atoms with Crippen LogP contribution < -0.4 is 20.1 Å². The molecule has 35 heavy (non-hydrogen) atoms. The number of carbonyl (C=O) groups excluding carboxylic acids is 2. The van der Waals surface area contributed by atoms with Crippen molar-refractivity contribution in [3.8, 4) is 11.5 Å². The molecule has 0 bridgehead atoms. The van der Waals surface area contributed by atoms with Crippen LogP contribution in [0.15, 0.2) is 34.7 Å². The fourth-order valence-corrected chi connectivity index (χ4v) is 5.54. The predicted molar refractivity (Wildman–Crippen MR) is 133 cm³/mol. The Balaban J connectivity index is 1.51. The number of nitrogens with one attached hydrogen (secondary N) is 2. The fraction of sp³-hybridized carbons (Fsp3) is 0.385. The standard InChI is InChI=1S/C26H28ClN3O5/c1-30(14-15-9-17(33-2)13-18(10-15)34-3)24(31)20-12-16-11-19(27)22-21(23(16)35-20)26(29-25(32)28-22)7-5-4-6-8-26/h9-13H,4-8,14H2,1-3H3,(H2,28,29,32). The molecule has 1 spiro atoms. The average Bonchev–Trinajstić information content (AvgIpc) is 3.27. The Bertz CT molecular complexity index is 1290. The van der Waals surface area contributed by atoms with Crippen molar-refractivity contribution >= 4 is 40.2 Å². The van der Waals surface area contributed by atoms with Crippen molar-refractivity contribution in [2.75, 3.05) is 26.6 Å². The molecule has 1 fully saturated rings. The first-order valence-electron chi connectivity index (χ1n) is 11.7. The van der Waals surface area contributed by atoms with E-state index in [0.29, 0.717) is 34.3 Å². The van der Waals surface area contributed by atoms with Crippen LogP contribution in [0.5, 0.6) is 11.5 Å². The second-order valence-electron chi connectivity index (χ2n) is 9.24. The molecule has 3 amide bonds. The van der Waals surface area contributed by atoms with E-state index in [0.717, 1.165) is 48.6 Å². The molecule has 2 aliphatic rings. The molecule has 9 heteroatoms. The number of fused-ring (bicyclic) bond motifs is 4. The van der Waals surface area contributed by atoms with Crippen molar-refractivity contribution in [2.45, 2.75) is 44.2 Å². The van der Waals surface area contributed by atoms with E-state index < -0.39 is 5.54 Å². The Labute approximate surface area is 208 Å². The van der Waals surface area contributed by atoms with Crippen molar-refractivity contribution in [3.63, 3.8) is 0 Å². The van der Waals surface area contributed by atoms with Crippen molar-refractivity contribution in [1.29, 1.82) is 0 Å². The summed E-state index contributed by atoms with van der Waals surface area (Å²) in [5.74, 6) is 1.25. The Hall–Kier alpha value is -3.39. The third-order valence-electron chi connectivity index (χ3n) is 6.92. The largest absolute Gasteiger partial charge is 0.497 e. The van der Waals surface area contributed by atoms with E-state index in [1.165, 1.54) is 0 Å². The van der Waals surface area contributed by atoms with E-state index in [9.17, 15) is 9.59 Å². The number of halogens is 1. The van der Waals surface area contributed by atoms with Gasteiger partial charge in [0.1, 0.15) is 17.1 Å². The van der Waals surface area contributed by atoms with Crippen molar-refractivity contribution < 1.29 is 23.5 Å². The quantitative estimate of drug-likeness (QED) is 0.473. The molecule has 3 aromatic rings. The van der Waals surface area contributed by atoms with Gasteiger partial charge in [-0.3, -0.25) is 4.79 Å². The van der Waals surface area contributed by atoms with Crippen LogP contribution in [-0.2, 0) is 12.1 Å². The molecule has 1 aliphatic heterocycles. The van der Waals surface area contributed by atoms with Gasteiger partial charge in [0.25, 0.3) is 5.91 Å². The van der Waals surface area contributed by atoms with Gasteiger partial charge >= 0.3 is 6.03 Å². The maximum absolute atomic E-state index is 13.4. The molecule has 8 nitrogen and oxygen atoms in total. The molecule has 2 N–H and O–H groups in total. The van der Waals surface area contributed by atoms with Gasteiger partial charge in [-0.15, -0.1) is 0 Å². The number of hydrogen-bond donors (Lipinski definition) is 2. The van der Waals surface area contributed by atoms with Crippen LogP contribution in [0, 0.1) is 0 Å². The molecule has 0 atom stereocenters. The van der Waals surface area contributed by atoms with Crippen LogP contribution in [0.25, 0.3) is 11.0 Å². The van der Waals surface area contributed by atoms with Gasteiger partial charge in [0.15, 0.2) is 5.76 Å². The number of hydrogen-bond acceptors (Lipinski definition) is 5. The van der Waals surface area contributed by atoms with Crippen LogP contribution in [0.3, 0.4) is 0 Å². The first-order valence-corrected chi connectivity index (χ1v) is 12.0. The topological polar surface area (TPSA) is 93.0 Å². The van der Waals surface area contributed by atoms with Gasteiger partial charge in [0.05, 0.1) is 30.5 Å². The van der Waals surface area contributed by atoms with Crippen LogP contribution in [-0.4, -0.2) is 38.1 Å². The van der Waals surface area contributed by atoms with Gasteiger partial charge in [-0.1, -0.05) is 30.9 Å². The van der Waals surface area contributed by atoms with Crippen LogP contribution >= 0.6 is 11.6 Å². The van der Waals surface area contributed by atoms with Gasteiger partial charge in [-0.05, 0) is 42.7 Å². The first-order chi connectivity index (χ1) is 16.8. The lowest BCUT2D eigenvalue weighted by Gasteiger charge is -2.42. The van der Waals surface area contributed by atoms with E-state index in [2.05, 4.69) is 10.6 Å². The van der Waals surface area contributed by atoms with E-state index in [-0.39, 0.29) is 17.7 Å². The number of rotatable bonds is 5. The molecule has 2 heterocycles. The predicted octanol–water partition coefficient (Wildman–Crippen LogP) is 5.67. The monoisotopic (exact) mass is 497 g/mol. The van der Waals surface area contributed by atoms with E-state index in [1.807, 2.05) is 12.1 Å². The highest BCUT2D eigenvalue weighted by Gasteiger charge is 2.44. The number of urea groups is 1. The van der Waals surface area contributed by atoms with Gasteiger partial charge in [0.2, 0.25) is 0 Å². The third kappa shape index (κ3) is 4.16. The van der Waals surface area contributed by atoms with Crippen LogP contribution in [0.4, 0.5) is 10.5 Å². The van der Waals surface area contributed by atoms with Gasteiger partial charge in [-0.2, -0.15) is 0 Å². The summed E-state index contributed by atoms with van der Waals surface area (Å²) in [5, 5.41) is 7.15. The van der Waals surface area contributed by atoms with Crippen LogP contribution in [0.2, 0.25) is 5.02 Å². The molecule has 184 valence electrons. The summed E-state index contributed by atoms with van der Waals surface area (Å²) in [6.45, 7) is 0.337. The smallest absolute Gasteiger partial charge is 0.319 e. The zero-order valence-electron chi connectivity index (χ0n) is 20.0. The maximum Gasteiger partial charge on any atom is 0.319 e. The molecule has 1 saturated carbocycles. The molecule has 2 aromatic carbocycles. The number of ether oxygens (including phenoxy) is 2. The van der Waals surface area contributed by atoms with E-state index >= 15 is 0 Å². The molecular weight excluding hydrogens is 470 g/mol. The molecule has 0 unspecified atom stereocenters. The summed E-state index contributed by atoms with van der Waals surface area (Å²) in [7, 11) is 4.89. The van der Waals surface area contributed by atoms with Crippen molar-refractivity contribution in [3.05, 3.63) is 52.2 Å². The van der Waals surface area contributed by atoms with Gasteiger partial charge in [0, 0.05) is 30.6 Å². The Morgan fingerprint density at radius 1 is 1.09 bits per heavy atom. The number of carbonyl (C=O) groups is 2. The summed E-state index contributed by atoms with van der Waals surface area (Å²) >= 11 is 6.60. The Kier molecular flexibility index (Phi) is 6.01. The summed E-state index contributed by atoms with van der Waals surface area (Å²) in [6.07, 6.45) is 4.70. The maximum atomic E-state index is 13.4. The number of anilines is 1. The number of nitrogens with zero attached hydrogens (tertiary/aromatic N) is 1. The zero-order chi connectivity index (χ0) is 24.7. The lowest BCUT2D eigenvalue weighted by molar-refractivity contribution is 0.0755. The number of furan rings is 1. The average molecular weight is 498 g/mol. The first kappa shape index (κ1) is 23.4. The Morgan fingerprint density at radius 3 is 2.43 bits per heavy atom. The summed E-state index contributed by atoms with van der Waals surface area (Å²) < 4.78 is 16.9. The van der Waals surface area contributed by atoms with Crippen molar-refractivity contribution in [2.24, 2.45) is 0 Å². The molecule has 0 radical (unpaired) electrons. The molecule has 1 aliphatic carbocycles. The molecule has 1 aromatic heterocycles. The van der Waals surface area contributed by atoms with E-state index in [4.69, 9.17) is 25.5 Å². The number of amides is 3. The highest BCUT2D eigenvalue weighted by molar-refractivity contribution is 6.35. The van der Waals surface area contributed by atoms with Gasteiger partial charge in [-0.25, -0.2) is 4.79 Å². The normalized spacial score (nSPS) is 16.4. The second-order valence-corrected chi connectivity index (χ2v) is 9.65. The Morgan fingerprint density at radius 2 is 1.77 bits per heavy atom. The van der Waals surface area contributed by atoms with E-state index in [1.54, 1.807) is 44.4 Å². The molecule has 5 rings (SSSR count). The minimum Gasteiger partial charge on any atom is -0.497 e. The molecule has 0 saturated heterocycles. The second kappa shape index (κ2) is 9.00. The minimum atomic E-state index is -0.555. The van der Waals surface area contributed by atoms with Gasteiger partial charge < -0.3 is 29.4 Å². The highest BCUT2D eigenvalue weighted by atomic mass is 35.5.